The summed E-state index contributed by atoms with van der Waals surface area (Å²) in [5.74, 6) is 0.518. The maximum absolute atomic E-state index is 13.5. The van der Waals surface area contributed by atoms with Gasteiger partial charge in [-0.3, -0.25) is 4.79 Å². The number of carbonyl (C=O) groups excluding carboxylic acids is 1. The molecule has 3 rings (SSSR count). The Bertz CT molecular complexity index is 885. The van der Waals surface area contributed by atoms with Crippen LogP contribution < -0.4 is 5.32 Å². The van der Waals surface area contributed by atoms with Gasteiger partial charge in [0.05, 0.1) is 6.04 Å². The summed E-state index contributed by atoms with van der Waals surface area (Å²) in [6.45, 7) is 9.28. The molecule has 0 aliphatic carbocycles. The summed E-state index contributed by atoms with van der Waals surface area (Å²) in [5, 5.41) is 4.11. The van der Waals surface area contributed by atoms with Crippen LogP contribution in [0.3, 0.4) is 0 Å². The summed E-state index contributed by atoms with van der Waals surface area (Å²) in [6, 6.07) is 17.7. The van der Waals surface area contributed by atoms with Gasteiger partial charge in [0.15, 0.2) is 10.9 Å². The van der Waals surface area contributed by atoms with E-state index in [-0.39, 0.29) is 11.8 Å². The molecule has 0 spiro atoms. The lowest BCUT2D eigenvalue weighted by Gasteiger charge is -2.38. The van der Waals surface area contributed by atoms with E-state index in [4.69, 9.17) is 12.2 Å². The van der Waals surface area contributed by atoms with Crippen molar-refractivity contribution in [2.45, 2.75) is 46.1 Å². The fourth-order valence-corrected chi connectivity index (χ4v) is 3.98. The van der Waals surface area contributed by atoms with Crippen LogP contribution in [0.25, 0.3) is 0 Å². The van der Waals surface area contributed by atoms with Crippen molar-refractivity contribution in [1.29, 1.82) is 0 Å². The average molecular weight is 393 g/mol. The molecule has 4 heteroatoms. The first kappa shape index (κ1) is 20.3. The van der Waals surface area contributed by atoms with Crippen LogP contribution in [0.5, 0.6) is 0 Å². The Hall–Kier alpha value is -2.46. The predicted molar refractivity (Wildman–Crippen MR) is 119 cm³/mol. The highest BCUT2D eigenvalue weighted by Gasteiger charge is 2.33. The Morgan fingerprint density at radius 2 is 1.75 bits per heavy atom. The topological polar surface area (TPSA) is 32.3 Å². The number of ketones is 1. The molecule has 146 valence electrons. The van der Waals surface area contributed by atoms with Gasteiger partial charge in [-0.05, 0) is 42.6 Å². The van der Waals surface area contributed by atoms with Crippen LogP contribution in [0, 0.1) is 0 Å². The summed E-state index contributed by atoms with van der Waals surface area (Å²) >= 11 is 5.64. The van der Waals surface area contributed by atoms with E-state index in [1.54, 1.807) is 0 Å². The van der Waals surface area contributed by atoms with Crippen LogP contribution >= 0.6 is 12.2 Å². The summed E-state index contributed by atoms with van der Waals surface area (Å²) in [5.41, 5.74) is 4.75. The number of nitrogens with one attached hydrogen (secondary N) is 1. The maximum atomic E-state index is 13.5. The summed E-state index contributed by atoms with van der Waals surface area (Å²) in [7, 11) is 0. The largest absolute Gasteiger partial charge is 0.351 e. The van der Waals surface area contributed by atoms with Gasteiger partial charge >= 0.3 is 0 Å². The van der Waals surface area contributed by atoms with Gasteiger partial charge in [-0.15, -0.1) is 0 Å². The number of benzene rings is 2. The molecule has 0 amide bonds. The molecular weight excluding hydrogens is 364 g/mol. The van der Waals surface area contributed by atoms with Gasteiger partial charge < -0.3 is 10.2 Å². The zero-order valence-electron chi connectivity index (χ0n) is 17.0. The van der Waals surface area contributed by atoms with Gasteiger partial charge in [-0.1, -0.05) is 75.4 Å². The van der Waals surface area contributed by atoms with Crippen LogP contribution in [0.15, 0.2) is 65.9 Å². The van der Waals surface area contributed by atoms with Gasteiger partial charge in [0.25, 0.3) is 0 Å². The Kier molecular flexibility index (Phi) is 6.30. The lowest BCUT2D eigenvalue weighted by atomic mass is 9.88. The molecule has 3 nitrogen and oxygen atoms in total. The molecule has 1 heterocycles. The first-order chi connectivity index (χ1) is 13.4. The van der Waals surface area contributed by atoms with Crippen molar-refractivity contribution in [2.75, 3.05) is 6.54 Å². The van der Waals surface area contributed by atoms with Crippen LogP contribution in [0.4, 0.5) is 0 Å². The minimum absolute atomic E-state index is 0.0483. The molecule has 0 bridgehead atoms. The zero-order chi connectivity index (χ0) is 20.3. The van der Waals surface area contributed by atoms with E-state index >= 15 is 0 Å². The molecule has 1 aliphatic heterocycles. The zero-order valence-corrected chi connectivity index (χ0v) is 17.8. The van der Waals surface area contributed by atoms with Crippen LogP contribution in [-0.4, -0.2) is 22.3 Å². The molecule has 2 aromatic rings. The second-order valence-electron chi connectivity index (χ2n) is 7.55. The number of hydrogen-bond acceptors (Lipinski definition) is 2. The van der Waals surface area contributed by atoms with Crippen molar-refractivity contribution in [1.82, 2.24) is 10.2 Å². The molecule has 1 unspecified atom stereocenters. The lowest BCUT2D eigenvalue weighted by molar-refractivity contribution is 0.102. The molecule has 0 saturated heterocycles. The monoisotopic (exact) mass is 392 g/mol. The molecule has 28 heavy (non-hydrogen) atoms. The number of allylic oxidation sites excluding steroid dienone is 1. The van der Waals surface area contributed by atoms with Gasteiger partial charge in [0.2, 0.25) is 0 Å². The molecule has 1 atom stereocenters. The second-order valence-corrected chi connectivity index (χ2v) is 7.94. The number of hydrogen-bond donors (Lipinski definition) is 1. The third kappa shape index (κ3) is 4.02. The fraction of sp³-hybridized carbons (Fsp3) is 0.333. The van der Waals surface area contributed by atoms with Crippen molar-refractivity contribution >= 4 is 23.1 Å². The van der Waals surface area contributed by atoms with Gasteiger partial charge in [-0.2, -0.15) is 0 Å². The standard InChI is InChI=1S/C24H28N2OS/c1-5-15-26-17(4)21(23(27)20-9-7-6-8-10-20)22(25-24(26)28)19-13-11-18(12-14-19)16(2)3/h6-14,16,22H,5,15H2,1-4H3,(H,25,28). The van der Waals surface area contributed by atoms with E-state index in [1.165, 1.54) is 5.56 Å². The van der Waals surface area contributed by atoms with E-state index in [9.17, 15) is 4.79 Å². The van der Waals surface area contributed by atoms with Crippen molar-refractivity contribution in [3.63, 3.8) is 0 Å². The molecule has 1 aliphatic rings. The van der Waals surface area contributed by atoms with Crippen molar-refractivity contribution in [3.05, 3.63) is 82.6 Å². The minimum Gasteiger partial charge on any atom is -0.351 e. The van der Waals surface area contributed by atoms with E-state index in [2.05, 4.69) is 50.4 Å². The first-order valence-electron chi connectivity index (χ1n) is 9.92. The van der Waals surface area contributed by atoms with Gasteiger partial charge in [0.1, 0.15) is 0 Å². The molecule has 0 fully saturated rings. The second kappa shape index (κ2) is 8.70. The molecule has 1 N–H and O–H groups in total. The van der Waals surface area contributed by atoms with E-state index in [0.29, 0.717) is 16.6 Å². The Morgan fingerprint density at radius 1 is 1.11 bits per heavy atom. The van der Waals surface area contributed by atoms with Crippen LogP contribution in [0.2, 0.25) is 0 Å². The summed E-state index contributed by atoms with van der Waals surface area (Å²) in [6.07, 6.45) is 0.958. The number of carbonyl (C=O) groups is 1. The van der Waals surface area contributed by atoms with E-state index in [1.807, 2.05) is 42.2 Å². The summed E-state index contributed by atoms with van der Waals surface area (Å²) < 4.78 is 0. The Morgan fingerprint density at radius 3 is 2.32 bits per heavy atom. The number of thiocarbonyl (C=S) groups is 1. The smallest absolute Gasteiger partial charge is 0.193 e. The number of rotatable bonds is 6. The third-order valence-electron chi connectivity index (χ3n) is 5.26. The minimum atomic E-state index is -0.241. The molecule has 0 radical (unpaired) electrons. The highest BCUT2D eigenvalue weighted by Crippen LogP contribution is 2.33. The van der Waals surface area contributed by atoms with Crippen molar-refractivity contribution in [3.8, 4) is 0 Å². The molecule has 0 saturated carbocycles. The normalized spacial score (nSPS) is 17.1. The predicted octanol–water partition coefficient (Wildman–Crippen LogP) is 5.61. The Labute approximate surface area is 173 Å². The molecular formula is C24H28N2OS. The third-order valence-corrected chi connectivity index (χ3v) is 5.60. The highest BCUT2D eigenvalue weighted by molar-refractivity contribution is 7.80. The van der Waals surface area contributed by atoms with Crippen LogP contribution in [-0.2, 0) is 0 Å². The van der Waals surface area contributed by atoms with Crippen molar-refractivity contribution in [2.24, 2.45) is 0 Å². The van der Waals surface area contributed by atoms with Crippen LogP contribution in [0.1, 0.15) is 67.6 Å². The fourth-order valence-electron chi connectivity index (χ4n) is 3.64. The molecule has 2 aromatic carbocycles. The lowest BCUT2D eigenvalue weighted by Crippen LogP contribution is -2.47. The number of Topliss-reactive ketones (excluding diaryl/α,β-unsaturated/α-hetero) is 1. The average Bonchev–Trinajstić information content (AvgIpc) is 2.71. The SMILES string of the molecule is CCCN1C(=S)NC(c2ccc(C(C)C)cc2)C(C(=O)c2ccccc2)=C1C. The van der Waals surface area contributed by atoms with E-state index in [0.717, 1.165) is 29.8 Å². The van der Waals surface area contributed by atoms with Crippen molar-refractivity contribution < 1.29 is 4.79 Å². The highest BCUT2D eigenvalue weighted by atomic mass is 32.1. The maximum Gasteiger partial charge on any atom is 0.193 e. The first-order valence-corrected chi connectivity index (χ1v) is 10.3. The van der Waals surface area contributed by atoms with Gasteiger partial charge in [0, 0.05) is 23.4 Å². The Balaban J connectivity index is 2.08. The van der Waals surface area contributed by atoms with Gasteiger partial charge in [-0.25, -0.2) is 0 Å². The quantitative estimate of drug-likeness (QED) is 0.512. The number of nitrogens with zero attached hydrogens (tertiary/aromatic N) is 1. The van der Waals surface area contributed by atoms with E-state index < -0.39 is 0 Å². The molecule has 0 aromatic heterocycles. The summed E-state index contributed by atoms with van der Waals surface area (Å²) in [4.78, 5) is 15.5.